The molecule has 7 nitrogen and oxygen atoms in total. The Balaban J connectivity index is 1.53. The number of benzene rings is 2. The summed E-state index contributed by atoms with van der Waals surface area (Å²) in [6.07, 6.45) is 0.735. The molecule has 0 unspecified atom stereocenters. The van der Waals surface area contributed by atoms with Crippen LogP contribution in [0, 0.1) is 0 Å². The van der Waals surface area contributed by atoms with Gasteiger partial charge in [-0.2, -0.15) is 0 Å². The molecule has 0 N–H and O–H groups in total. The van der Waals surface area contributed by atoms with Crippen molar-refractivity contribution >= 4 is 17.9 Å². The van der Waals surface area contributed by atoms with Gasteiger partial charge in [0.1, 0.15) is 12.0 Å². The zero-order valence-corrected chi connectivity index (χ0v) is 16.1. The Labute approximate surface area is 164 Å². The van der Waals surface area contributed by atoms with Gasteiger partial charge in [-0.3, -0.25) is 9.59 Å². The largest absolute Gasteiger partial charge is 0.497 e. The molecule has 3 rings (SSSR count). The van der Waals surface area contributed by atoms with Crippen LogP contribution in [0.25, 0.3) is 0 Å². The highest BCUT2D eigenvalue weighted by Crippen LogP contribution is 2.27. The first kappa shape index (κ1) is 19.5. The molecular formula is C21H24N2O5. The Bertz CT molecular complexity index is 831. The van der Waals surface area contributed by atoms with Crippen LogP contribution < -0.4 is 19.1 Å². The second kappa shape index (κ2) is 9.12. The van der Waals surface area contributed by atoms with Crippen LogP contribution in [0.3, 0.4) is 0 Å². The number of methoxy groups -OCH3 is 2. The standard InChI is InChI=1S/C21H24N2O5/c1-26-18-5-3-4-17(13-18)22-8-10-23(11-9-22)21(25)15-28-19-7-6-16(14-24)12-20(19)27-2/h3-7,12-14H,8-11,15H2,1-2H3. The van der Waals surface area contributed by atoms with Crippen molar-refractivity contribution in [3.8, 4) is 17.2 Å². The fourth-order valence-electron chi connectivity index (χ4n) is 3.13. The summed E-state index contributed by atoms with van der Waals surface area (Å²) >= 11 is 0. The average molecular weight is 384 g/mol. The summed E-state index contributed by atoms with van der Waals surface area (Å²) in [5, 5.41) is 0. The molecule has 0 spiro atoms. The summed E-state index contributed by atoms with van der Waals surface area (Å²) in [6, 6.07) is 12.8. The predicted octanol–water partition coefficient (Wildman–Crippen LogP) is 2.24. The molecule has 1 heterocycles. The number of hydrogen-bond acceptors (Lipinski definition) is 6. The summed E-state index contributed by atoms with van der Waals surface area (Å²) in [4.78, 5) is 27.4. The average Bonchev–Trinajstić information content (AvgIpc) is 2.77. The molecule has 1 fully saturated rings. The smallest absolute Gasteiger partial charge is 0.260 e. The van der Waals surface area contributed by atoms with Gasteiger partial charge in [0.05, 0.1) is 14.2 Å². The van der Waals surface area contributed by atoms with Gasteiger partial charge in [-0.05, 0) is 30.3 Å². The van der Waals surface area contributed by atoms with Crippen molar-refractivity contribution in [2.75, 3.05) is 51.9 Å². The normalized spacial score (nSPS) is 13.8. The molecular weight excluding hydrogens is 360 g/mol. The van der Waals surface area contributed by atoms with E-state index in [0.717, 1.165) is 30.8 Å². The fourth-order valence-corrected chi connectivity index (χ4v) is 3.13. The van der Waals surface area contributed by atoms with Crippen molar-refractivity contribution in [1.82, 2.24) is 4.90 Å². The Morgan fingerprint density at radius 2 is 1.79 bits per heavy atom. The van der Waals surface area contributed by atoms with Crippen molar-refractivity contribution < 1.29 is 23.8 Å². The molecule has 0 aliphatic carbocycles. The lowest BCUT2D eigenvalue weighted by Gasteiger charge is -2.36. The summed E-state index contributed by atoms with van der Waals surface area (Å²) in [6.45, 7) is 2.67. The molecule has 28 heavy (non-hydrogen) atoms. The van der Waals surface area contributed by atoms with Crippen molar-refractivity contribution in [3.63, 3.8) is 0 Å². The van der Waals surface area contributed by atoms with Crippen molar-refractivity contribution in [2.45, 2.75) is 0 Å². The van der Waals surface area contributed by atoms with Crippen LogP contribution in [0.15, 0.2) is 42.5 Å². The number of piperazine rings is 1. The van der Waals surface area contributed by atoms with Gasteiger partial charge in [0, 0.05) is 43.5 Å². The Hall–Kier alpha value is -3.22. The molecule has 1 aliphatic rings. The molecule has 1 amide bonds. The number of rotatable bonds is 7. The first-order chi connectivity index (χ1) is 13.6. The van der Waals surface area contributed by atoms with Crippen LogP contribution in [0.5, 0.6) is 17.2 Å². The first-order valence-electron chi connectivity index (χ1n) is 9.07. The predicted molar refractivity (Wildman–Crippen MR) is 106 cm³/mol. The van der Waals surface area contributed by atoms with Crippen LogP contribution in [0.1, 0.15) is 10.4 Å². The molecule has 0 atom stereocenters. The lowest BCUT2D eigenvalue weighted by Crippen LogP contribution is -2.50. The number of ether oxygens (including phenoxy) is 3. The fraction of sp³-hybridized carbons (Fsp3) is 0.333. The third-order valence-electron chi connectivity index (χ3n) is 4.73. The van der Waals surface area contributed by atoms with Gasteiger partial charge in [-0.25, -0.2) is 0 Å². The van der Waals surface area contributed by atoms with Crippen LogP contribution in [-0.2, 0) is 4.79 Å². The van der Waals surface area contributed by atoms with E-state index < -0.39 is 0 Å². The van der Waals surface area contributed by atoms with E-state index in [1.54, 1.807) is 30.2 Å². The molecule has 0 saturated carbocycles. The monoisotopic (exact) mass is 384 g/mol. The summed E-state index contributed by atoms with van der Waals surface area (Å²) in [5.74, 6) is 1.61. The van der Waals surface area contributed by atoms with Crippen LogP contribution in [0.4, 0.5) is 5.69 Å². The maximum Gasteiger partial charge on any atom is 0.260 e. The maximum atomic E-state index is 12.5. The van der Waals surface area contributed by atoms with E-state index >= 15 is 0 Å². The Kier molecular flexibility index (Phi) is 6.37. The van der Waals surface area contributed by atoms with E-state index in [2.05, 4.69) is 4.90 Å². The van der Waals surface area contributed by atoms with E-state index in [1.807, 2.05) is 24.3 Å². The number of amides is 1. The van der Waals surface area contributed by atoms with Gasteiger partial charge >= 0.3 is 0 Å². The minimum Gasteiger partial charge on any atom is -0.497 e. The molecule has 0 radical (unpaired) electrons. The van der Waals surface area contributed by atoms with E-state index in [0.29, 0.717) is 30.2 Å². The topological polar surface area (TPSA) is 68.3 Å². The summed E-state index contributed by atoms with van der Waals surface area (Å²) < 4.78 is 16.1. The number of aldehydes is 1. The molecule has 2 aromatic rings. The summed E-state index contributed by atoms with van der Waals surface area (Å²) in [5.41, 5.74) is 1.58. The second-order valence-electron chi connectivity index (χ2n) is 6.39. The van der Waals surface area contributed by atoms with Crippen molar-refractivity contribution in [2.24, 2.45) is 0 Å². The molecule has 0 aromatic heterocycles. The highest BCUT2D eigenvalue weighted by atomic mass is 16.5. The van der Waals surface area contributed by atoms with Gasteiger partial charge in [-0.1, -0.05) is 6.07 Å². The minimum absolute atomic E-state index is 0.0735. The highest BCUT2D eigenvalue weighted by molar-refractivity contribution is 5.79. The number of carbonyl (C=O) groups is 2. The Morgan fingerprint density at radius 1 is 1.00 bits per heavy atom. The van der Waals surface area contributed by atoms with Crippen LogP contribution in [0.2, 0.25) is 0 Å². The van der Waals surface area contributed by atoms with Gasteiger partial charge in [0.2, 0.25) is 0 Å². The van der Waals surface area contributed by atoms with E-state index in [4.69, 9.17) is 14.2 Å². The molecule has 1 saturated heterocycles. The second-order valence-corrected chi connectivity index (χ2v) is 6.39. The zero-order chi connectivity index (χ0) is 19.9. The maximum absolute atomic E-state index is 12.5. The van der Waals surface area contributed by atoms with E-state index in [-0.39, 0.29) is 12.5 Å². The van der Waals surface area contributed by atoms with E-state index in [9.17, 15) is 9.59 Å². The lowest BCUT2D eigenvalue weighted by molar-refractivity contribution is -0.133. The molecule has 1 aliphatic heterocycles. The first-order valence-corrected chi connectivity index (χ1v) is 9.07. The highest BCUT2D eigenvalue weighted by Gasteiger charge is 2.22. The van der Waals surface area contributed by atoms with Gasteiger partial charge < -0.3 is 24.0 Å². The minimum atomic E-state index is -0.0770. The zero-order valence-electron chi connectivity index (χ0n) is 16.1. The lowest BCUT2D eigenvalue weighted by atomic mass is 10.2. The van der Waals surface area contributed by atoms with Crippen molar-refractivity contribution in [1.29, 1.82) is 0 Å². The van der Waals surface area contributed by atoms with Crippen LogP contribution in [-0.4, -0.2) is 64.1 Å². The number of nitrogens with zero attached hydrogens (tertiary/aromatic N) is 2. The van der Waals surface area contributed by atoms with Crippen molar-refractivity contribution in [3.05, 3.63) is 48.0 Å². The summed E-state index contributed by atoms with van der Waals surface area (Å²) in [7, 11) is 3.15. The third-order valence-corrected chi connectivity index (χ3v) is 4.73. The number of carbonyl (C=O) groups excluding carboxylic acids is 2. The van der Waals surface area contributed by atoms with E-state index in [1.165, 1.54) is 7.11 Å². The molecule has 7 heteroatoms. The van der Waals surface area contributed by atoms with Gasteiger partial charge in [0.25, 0.3) is 5.91 Å². The molecule has 148 valence electrons. The van der Waals surface area contributed by atoms with Crippen LogP contribution >= 0.6 is 0 Å². The number of hydrogen-bond donors (Lipinski definition) is 0. The molecule has 2 aromatic carbocycles. The van der Waals surface area contributed by atoms with Gasteiger partial charge in [0.15, 0.2) is 18.1 Å². The Morgan fingerprint density at radius 3 is 2.46 bits per heavy atom. The SMILES string of the molecule is COc1cccc(N2CCN(C(=O)COc3ccc(C=O)cc3OC)CC2)c1. The third kappa shape index (κ3) is 4.54. The quantitative estimate of drug-likeness (QED) is 0.682. The van der Waals surface area contributed by atoms with Gasteiger partial charge in [-0.15, -0.1) is 0 Å². The number of anilines is 1. The molecule has 0 bridgehead atoms.